The van der Waals surface area contributed by atoms with Crippen molar-refractivity contribution in [2.45, 2.75) is 55.1 Å². The lowest BCUT2D eigenvalue weighted by Gasteiger charge is -2.39. The van der Waals surface area contributed by atoms with Crippen LogP contribution in [0.15, 0.2) is 72.8 Å². The number of benzene rings is 3. The molecule has 0 atom stereocenters. The number of methoxy groups -OCH3 is 1. The molecule has 0 saturated carbocycles. The molecule has 0 saturated heterocycles. The van der Waals surface area contributed by atoms with Gasteiger partial charge in [0.2, 0.25) is 0 Å². The molecule has 17 heteroatoms. The van der Waals surface area contributed by atoms with Gasteiger partial charge in [-0.2, -0.15) is 57.1 Å². The van der Waals surface area contributed by atoms with Gasteiger partial charge in [0.1, 0.15) is 17.2 Å². The Kier molecular flexibility index (Phi) is 10.7. The third-order valence-electron chi connectivity index (χ3n) is 6.73. The average molecular weight is 694 g/mol. The highest BCUT2D eigenvalue weighted by Crippen LogP contribution is 2.60. The molecule has 0 bridgehead atoms. The van der Waals surface area contributed by atoms with Crippen molar-refractivity contribution in [1.29, 1.82) is 0 Å². The molecule has 0 aliphatic carbocycles. The number of rotatable bonds is 14. The molecule has 0 radical (unpaired) electrons. The molecule has 4 nitrogen and oxygen atoms in total. The van der Waals surface area contributed by atoms with E-state index in [4.69, 9.17) is 14.2 Å². The number of alkyl halides is 13. The van der Waals surface area contributed by atoms with Crippen LogP contribution >= 0.6 is 0 Å². The summed E-state index contributed by atoms with van der Waals surface area (Å²) in [6, 6.07) is 18.7. The maximum Gasteiger partial charge on any atom is 0.460 e. The molecule has 258 valence electrons. The molecule has 0 N–H and O–H groups in total. The maximum atomic E-state index is 13.9. The standard InChI is InChI=1S/C30H23F13O4/c1-45-21-10-8-19(9-11-21)18-4-6-20(7-5-18)24(44)47-23-14-12-22(13-15-23)46-17-3-2-16-25(31,32)26(33,34)27(35,36)28(37,38)29(39,40)30(41,42)43/h4-15H,2-3,16-17H2,1H3. The van der Waals surface area contributed by atoms with E-state index in [9.17, 15) is 61.9 Å². The van der Waals surface area contributed by atoms with Crippen LogP contribution in [0.2, 0.25) is 0 Å². The summed E-state index contributed by atoms with van der Waals surface area (Å²) in [6.45, 7) is -0.528. The lowest BCUT2D eigenvalue weighted by atomic mass is 9.92. The first-order valence-corrected chi connectivity index (χ1v) is 13.2. The number of hydrogen-bond donors (Lipinski definition) is 0. The Bertz CT molecular complexity index is 1490. The lowest BCUT2D eigenvalue weighted by molar-refractivity contribution is -0.440. The monoisotopic (exact) mass is 694 g/mol. The molecule has 0 aliphatic rings. The van der Waals surface area contributed by atoms with Crippen LogP contribution in [-0.4, -0.2) is 55.5 Å². The molecule has 0 spiro atoms. The van der Waals surface area contributed by atoms with E-state index in [2.05, 4.69) is 0 Å². The van der Waals surface area contributed by atoms with Crippen LogP contribution in [0.4, 0.5) is 57.1 Å². The van der Waals surface area contributed by atoms with Gasteiger partial charge in [0, 0.05) is 6.42 Å². The van der Waals surface area contributed by atoms with E-state index in [0.717, 1.165) is 11.1 Å². The first-order chi connectivity index (χ1) is 21.6. The lowest BCUT2D eigenvalue weighted by Crippen LogP contribution is -2.70. The second kappa shape index (κ2) is 13.5. The molecule has 0 unspecified atom stereocenters. The van der Waals surface area contributed by atoms with Gasteiger partial charge in [0.25, 0.3) is 0 Å². The number of esters is 1. The van der Waals surface area contributed by atoms with Crippen LogP contribution in [0, 0.1) is 0 Å². The van der Waals surface area contributed by atoms with Crippen LogP contribution in [0.5, 0.6) is 17.2 Å². The molecule has 0 fully saturated rings. The Morgan fingerprint density at radius 3 is 1.49 bits per heavy atom. The van der Waals surface area contributed by atoms with Gasteiger partial charge < -0.3 is 14.2 Å². The highest BCUT2D eigenvalue weighted by molar-refractivity contribution is 5.91. The molecule has 0 aliphatic heterocycles. The molecular weight excluding hydrogens is 671 g/mol. The number of hydrogen-bond acceptors (Lipinski definition) is 4. The zero-order valence-electron chi connectivity index (χ0n) is 23.8. The Hall–Kier alpha value is -4.18. The fraction of sp³-hybridized carbons (Fsp3) is 0.367. The van der Waals surface area contributed by atoms with Crippen LogP contribution in [-0.2, 0) is 0 Å². The van der Waals surface area contributed by atoms with Crippen molar-refractivity contribution in [1.82, 2.24) is 0 Å². The van der Waals surface area contributed by atoms with E-state index >= 15 is 0 Å². The molecule has 3 rings (SSSR count). The van der Waals surface area contributed by atoms with Crippen molar-refractivity contribution in [2.75, 3.05) is 13.7 Å². The van der Waals surface area contributed by atoms with E-state index in [0.29, 0.717) is 5.75 Å². The third-order valence-corrected chi connectivity index (χ3v) is 6.73. The van der Waals surface area contributed by atoms with E-state index in [1.54, 1.807) is 24.3 Å². The summed E-state index contributed by atoms with van der Waals surface area (Å²) in [5, 5.41) is 0. The van der Waals surface area contributed by atoms with Gasteiger partial charge in [0.15, 0.2) is 0 Å². The van der Waals surface area contributed by atoms with Crippen LogP contribution < -0.4 is 14.2 Å². The van der Waals surface area contributed by atoms with E-state index < -0.39 is 67.6 Å². The number of unbranched alkanes of at least 4 members (excludes halogenated alkanes) is 1. The average Bonchev–Trinajstić information content (AvgIpc) is 3.00. The summed E-state index contributed by atoms with van der Waals surface area (Å²) in [6.07, 6.45) is -11.4. The minimum Gasteiger partial charge on any atom is -0.497 e. The molecule has 0 heterocycles. The SMILES string of the molecule is COc1ccc(-c2ccc(C(=O)Oc3ccc(OCCCCC(F)(F)C(F)(F)C(F)(F)C(F)(F)C(F)(F)C(F)(F)F)cc3)cc2)cc1. The predicted molar refractivity (Wildman–Crippen MR) is 140 cm³/mol. The Balaban J connectivity index is 1.51. The Morgan fingerprint density at radius 1 is 0.553 bits per heavy atom. The quantitative estimate of drug-likeness (QED) is 0.0730. The second-order valence-corrected chi connectivity index (χ2v) is 9.97. The topological polar surface area (TPSA) is 44.8 Å². The zero-order valence-corrected chi connectivity index (χ0v) is 23.8. The number of carbonyl (C=O) groups is 1. The molecule has 47 heavy (non-hydrogen) atoms. The smallest absolute Gasteiger partial charge is 0.460 e. The van der Waals surface area contributed by atoms with Gasteiger partial charge in [-0.25, -0.2) is 4.79 Å². The normalized spacial score (nSPS) is 13.3. The molecule has 0 amide bonds. The van der Waals surface area contributed by atoms with Crippen LogP contribution in [0.25, 0.3) is 11.1 Å². The summed E-state index contributed by atoms with van der Waals surface area (Å²) < 4.78 is 187. The highest BCUT2D eigenvalue weighted by Gasteiger charge is 2.90. The summed E-state index contributed by atoms with van der Waals surface area (Å²) in [4.78, 5) is 12.5. The van der Waals surface area contributed by atoms with Crippen molar-refractivity contribution < 1.29 is 76.1 Å². The van der Waals surface area contributed by atoms with Crippen molar-refractivity contribution in [3.63, 3.8) is 0 Å². The Labute approximate surface area is 258 Å². The minimum absolute atomic E-state index is 0.0336. The van der Waals surface area contributed by atoms with Gasteiger partial charge in [-0.05, 0) is 72.5 Å². The van der Waals surface area contributed by atoms with Gasteiger partial charge in [-0.3, -0.25) is 0 Å². The van der Waals surface area contributed by atoms with Crippen molar-refractivity contribution in [2.24, 2.45) is 0 Å². The largest absolute Gasteiger partial charge is 0.497 e. The van der Waals surface area contributed by atoms with Crippen molar-refractivity contribution in [3.05, 3.63) is 78.4 Å². The second-order valence-electron chi connectivity index (χ2n) is 9.97. The summed E-state index contributed by atoms with van der Waals surface area (Å²) >= 11 is 0. The first-order valence-electron chi connectivity index (χ1n) is 13.2. The number of carbonyl (C=O) groups excluding carboxylic acids is 1. The van der Waals surface area contributed by atoms with E-state index in [1.807, 2.05) is 12.1 Å². The number of halogens is 13. The summed E-state index contributed by atoms with van der Waals surface area (Å²) in [5.74, 6) is -36.9. The fourth-order valence-electron chi connectivity index (χ4n) is 3.95. The first kappa shape index (κ1) is 37.3. The van der Waals surface area contributed by atoms with Crippen LogP contribution in [0.1, 0.15) is 29.6 Å². The zero-order chi connectivity index (χ0) is 35.5. The van der Waals surface area contributed by atoms with Gasteiger partial charge >= 0.3 is 41.8 Å². The Morgan fingerprint density at radius 2 is 1.00 bits per heavy atom. The van der Waals surface area contributed by atoms with Gasteiger partial charge in [-0.15, -0.1) is 0 Å². The van der Waals surface area contributed by atoms with E-state index in [-0.39, 0.29) is 17.1 Å². The fourth-order valence-corrected chi connectivity index (χ4v) is 3.95. The maximum absolute atomic E-state index is 13.9. The molecule has 0 aromatic heterocycles. The summed E-state index contributed by atoms with van der Waals surface area (Å²) in [5.41, 5.74) is 1.89. The minimum atomic E-state index is -7.92. The molecular formula is C30H23F13O4. The predicted octanol–water partition coefficient (Wildman–Crippen LogP) is 9.87. The third kappa shape index (κ3) is 7.53. The highest BCUT2D eigenvalue weighted by atomic mass is 19.4. The molecule has 3 aromatic carbocycles. The van der Waals surface area contributed by atoms with Gasteiger partial charge in [0.05, 0.1) is 19.3 Å². The van der Waals surface area contributed by atoms with Gasteiger partial charge in [-0.1, -0.05) is 24.3 Å². The summed E-state index contributed by atoms with van der Waals surface area (Å²) in [7, 11) is 1.53. The van der Waals surface area contributed by atoms with Crippen molar-refractivity contribution in [3.8, 4) is 28.4 Å². The van der Waals surface area contributed by atoms with E-state index in [1.165, 1.54) is 43.5 Å². The van der Waals surface area contributed by atoms with Crippen molar-refractivity contribution >= 4 is 5.97 Å². The molecule has 3 aromatic rings. The number of ether oxygens (including phenoxy) is 3. The van der Waals surface area contributed by atoms with Crippen LogP contribution in [0.3, 0.4) is 0 Å².